The maximum absolute atomic E-state index is 12.4. The van der Waals surface area contributed by atoms with Crippen molar-refractivity contribution in [3.05, 3.63) is 27.5 Å². The van der Waals surface area contributed by atoms with Gasteiger partial charge in [-0.1, -0.05) is 6.42 Å². The Morgan fingerprint density at radius 3 is 2.71 bits per heavy atom. The number of piperidine rings is 1. The number of nitrogens with one attached hydrogen (secondary N) is 2. The van der Waals surface area contributed by atoms with Crippen LogP contribution >= 0.6 is 11.3 Å². The van der Waals surface area contributed by atoms with Crippen molar-refractivity contribution in [3.8, 4) is 0 Å². The lowest BCUT2D eigenvalue weighted by atomic mass is 10.1. The van der Waals surface area contributed by atoms with Crippen molar-refractivity contribution >= 4 is 21.4 Å². The molecule has 1 aliphatic rings. The van der Waals surface area contributed by atoms with Crippen LogP contribution in [-0.2, 0) is 23.1 Å². The van der Waals surface area contributed by atoms with Crippen molar-refractivity contribution in [1.82, 2.24) is 24.8 Å². The molecule has 1 fully saturated rings. The second-order valence-corrected chi connectivity index (χ2v) is 8.80. The first kappa shape index (κ1) is 17.5. The first-order chi connectivity index (χ1) is 11.5. The summed E-state index contributed by atoms with van der Waals surface area (Å²) in [7, 11) is -3.58. The van der Waals surface area contributed by atoms with Gasteiger partial charge in [-0.15, -0.1) is 11.3 Å². The van der Waals surface area contributed by atoms with Gasteiger partial charge >= 0.3 is 0 Å². The molecule has 132 valence electrons. The first-order valence-electron chi connectivity index (χ1n) is 8.12. The van der Waals surface area contributed by atoms with Crippen LogP contribution in [0.25, 0.3) is 0 Å². The molecule has 0 saturated carbocycles. The Morgan fingerprint density at radius 2 is 2.04 bits per heavy atom. The van der Waals surface area contributed by atoms with Crippen molar-refractivity contribution in [2.24, 2.45) is 0 Å². The Morgan fingerprint density at radius 1 is 1.29 bits per heavy atom. The molecule has 2 aromatic rings. The summed E-state index contributed by atoms with van der Waals surface area (Å²) in [6, 6.07) is 0. The highest BCUT2D eigenvalue weighted by Gasteiger charge is 2.22. The van der Waals surface area contributed by atoms with Crippen LogP contribution in [0.1, 0.15) is 41.4 Å². The van der Waals surface area contributed by atoms with Crippen LogP contribution in [0.4, 0.5) is 0 Å². The number of thiazole rings is 1. The summed E-state index contributed by atoms with van der Waals surface area (Å²) in [6.45, 7) is 6.68. The molecule has 3 rings (SSSR count). The van der Waals surface area contributed by atoms with Gasteiger partial charge in [0.1, 0.15) is 9.90 Å². The fraction of sp³-hybridized carbons (Fsp3) is 0.600. The van der Waals surface area contributed by atoms with Crippen LogP contribution in [0.3, 0.4) is 0 Å². The third-order valence-corrected chi connectivity index (χ3v) is 6.74. The predicted molar refractivity (Wildman–Crippen MR) is 93.3 cm³/mol. The molecule has 1 saturated heterocycles. The van der Waals surface area contributed by atoms with E-state index in [1.165, 1.54) is 30.6 Å². The molecular weight excluding hydrogens is 346 g/mol. The summed E-state index contributed by atoms with van der Waals surface area (Å²) in [4.78, 5) is 7.20. The minimum atomic E-state index is -3.58. The first-order valence-corrected chi connectivity index (χ1v) is 10.5. The van der Waals surface area contributed by atoms with E-state index >= 15 is 0 Å². The molecule has 0 atom stereocenters. The molecule has 7 nitrogen and oxygen atoms in total. The number of likely N-dealkylation sites (tertiary alicyclic amines) is 1. The number of hydrogen-bond donors (Lipinski definition) is 2. The fourth-order valence-corrected chi connectivity index (χ4v) is 5.19. The highest BCUT2D eigenvalue weighted by atomic mass is 32.2. The van der Waals surface area contributed by atoms with Crippen molar-refractivity contribution in [2.45, 2.75) is 51.1 Å². The van der Waals surface area contributed by atoms with Gasteiger partial charge in [0.15, 0.2) is 0 Å². The quantitative estimate of drug-likeness (QED) is 0.812. The Kier molecular flexibility index (Phi) is 5.33. The van der Waals surface area contributed by atoms with Gasteiger partial charge in [-0.05, 0) is 39.8 Å². The minimum Gasteiger partial charge on any atom is -0.297 e. The molecule has 24 heavy (non-hydrogen) atoms. The van der Waals surface area contributed by atoms with Crippen molar-refractivity contribution in [2.75, 3.05) is 13.1 Å². The highest BCUT2D eigenvalue weighted by Crippen LogP contribution is 2.18. The summed E-state index contributed by atoms with van der Waals surface area (Å²) < 4.78 is 27.5. The molecule has 0 bridgehead atoms. The molecular formula is C15H23N5O2S2. The van der Waals surface area contributed by atoms with Crippen LogP contribution < -0.4 is 4.72 Å². The second kappa shape index (κ2) is 7.30. The largest absolute Gasteiger partial charge is 0.297 e. The lowest BCUT2D eigenvalue weighted by Crippen LogP contribution is -2.29. The van der Waals surface area contributed by atoms with Crippen LogP contribution in [0.2, 0.25) is 0 Å². The number of aromatic amines is 1. The Hall–Kier alpha value is -1.29. The molecule has 2 aromatic heterocycles. The molecule has 0 aliphatic carbocycles. The maximum Gasteiger partial charge on any atom is 0.244 e. The van der Waals surface area contributed by atoms with Crippen LogP contribution in [-0.4, -0.2) is 41.6 Å². The van der Waals surface area contributed by atoms with Gasteiger partial charge in [0.25, 0.3) is 0 Å². The van der Waals surface area contributed by atoms with Crippen LogP contribution in [0.5, 0.6) is 0 Å². The molecule has 2 N–H and O–H groups in total. The van der Waals surface area contributed by atoms with Gasteiger partial charge in [0, 0.05) is 11.9 Å². The van der Waals surface area contributed by atoms with E-state index in [9.17, 15) is 8.42 Å². The van der Waals surface area contributed by atoms with Crippen molar-refractivity contribution in [1.29, 1.82) is 0 Å². The zero-order valence-corrected chi connectivity index (χ0v) is 15.6. The summed E-state index contributed by atoms with van der Waals surface area (Å²) >= 11 is 1.50. The standard InChI is InChI=1S/C15H23N5O2S2/c1-11-15(12(2)19-18-11)24(21,22)16-8-14-17-13(10-23-14)9-20-6-4-3-5-7-20/h10,16H,3-9H2,1-2H3,(H,18,19). The zero-order chi connectivity index (χ0) is 17.2. The third kappa shape index (κ3) is 4.02. The number of rotatable bonds is 6. The normalized spacial score (nSPS) is 16.6. The van der Waals surface area contributed by atoms with Crippen LogP contribution in [0.15, 0.2) is 10.3 Å². The topological polar surface area (TPSA) is 91.0 Å². The second-order valence-electron chi connectivity index (χ2n) is 6.16. The lowest BCUT2D eigenvalue weighted by Gasteiger charge is -2.25. The van der Waals surface area contributed by atoms with E-state index in [1.807, 2.05) is 5.38 Å². The Labute approximate surface area is 146 Å². The molecule has 0 amide bonds. The van der Waals surface area contributed by atoms with E-state index in [2.05, 4.69) is 24.8 Å². The van der Waals surface area contributed by atoms with E-state index < -0.39 is 10.0 Å². The fourth-order valence-electron chi connectivity index (χ4n) is 3.01. The number of nitrogens with zero attached hydrogens (tertiary/aromatic N) is 3. The monoisotopic (exact) mass is 369 g/mol. The average molecular weight is 370 g/mol. The molecule has 0 unspecified atom stereocenters. The van der Waals surface area contributed by atoms with E-state index in [1.54, 1.807) is 13.8 Å². The van der Waals surface area contributed by atoms with Crippen LogP contribution in [0, 0.1) is 13.8 Å². The van der Waals surface area contributed by atoms with Gasteiger partial charge in [-0.3, -0.25) is 10.00 Å². The lowest BCUT2D eigenvalue weighted by molar-refractivity contribution is 0.219. The summed E-state index contributed by atoms with van der Waals surface area (Å²) in [5.41, 5.74) is 2.04. The third-order valence-electron chi connectivity index (χ3n) is 4.18. The summed E-state index contributed by atoms with van der Waals surface area (Å²) in [6.07, 6.45) is 3.81. The summed E-state index contributed by atoms with van der Waals surface area (Å²) in [5, 5.41) is 9.45. The minimum absolute atomic E-state index is 0.205. The molecule has 3 heterocycles. The van der Waals surface area contributed by atoms with E-state index in [-0.39, 0.29) is 11.4 Å². The highest BCUT2D eigenvalue weighted by molar-refractivity contribution is 7.89. The Bertz CT molecular complexity index is 771. The molecule has 0 spiro atoms. The van der Waals surface area contributed by atoms with E-state index in [0.717, 1.165) is 30.3 Å². The Balaban J connectivity index is 1.61. The maximum atomic E-state index is 12.4. The summed E-state index contributed by atoms with van der Waals surface area (Å²) in [5.74, 6) is 0. The van der Waals surface area contributed by atoms with Gasteiger partial charge in [0.2, 0.25) is 10.0 Å². The molecule has 9 heteroatoms. The van der Waals surface area contributed by atoms with Gasteiger partial charge in [-0.2, -0.15) is 5.10 Å². The average Bonchev–Trinajstić information content (AvgIpc) is 3.13. The number of sulfonamides is 1. The number of aryl methyl sites for hydroxylation is 2. The van der Waals surface area contributed by atoms with Gasteiger partial charge in [-0.25, -0.2) is 18.1 Å². The SMILES string of the molecule is Cc1n[nH]c(C)c1S(=O)(=O)NCc1nc(CN2CCCCC2)cs1. The molecule has 1 aliphatic heterocycles. The predicted octanol–water partition coefficient (Wildman–Crippen LogP) is 1.95. The van der Waals surface area contributed by atoms with Crippen molar-refractivity contribution < 1.29 is 8.42 Å². The van der Waals surface area contributed by atoms with E-state index in [0.29, 0.717) is 11.4 Å². The number of H-pyrrole nitrogens is 1. The molecule has 0 aromatic carbocycles. The van der Waals surface area contributed by atoms with Gasteiger partial charge < -0.3 is 0 Å². The number of hydrogen-bond acceptors (Lipinski definition) is 6. The van der Waals surface area contributed by atoms with Crippen molar-refractivity contribution in [3.63, 3.8) is 0 Å². The van der Waals surface area contributed by atoms with E-state index in [4.69, 9.17) is 0 Å². The molecule has 0 radical (unpaired) electrons. The zero-order valence-electron chi connectivity index (χ0n) is 14.0. The smallest absolute Gasteiger partial charge is 0.244 e. The number of aromatic nitrogens is 3. The van der Waals surface area contributed by atoms with Gasteiger partial charge in [0.05, 0.1) is 23.6 Å².